The number of nitrogens with two attached hydrogens (primary N) is 2. The van der Waals surface area contributed by atoms with Crippen molar-refractivity contribution in [2.45, 2.75) is 201 Å². The van der Waals surface area contributed by atoms with Crippen molar-refractivity contribution in [1.82, 2.24) is 42.5 Å². The highest BCUT2D eigenvalue weighted by Crippen LogP contribution is 2.15. The molecule has 22 nitrogen and oxygen atoms in total. The molecule has 15 N–H and O–H groups in total. The molecule has 0 heterocycles. The van der Waals surface area contributed by atoms with Crippen LogP contribution < -0.4 is 54.0 Å². The molecule has 0 bridgehead atoms. The van der Waals surface area contributed by atoms with Gasteiger partial charge < -0.3 is 69.3 Å². The lowest BCUT2D eigenvalue weighted by Crippen LogP contribution is -2.59. The maximum atomic E-state index is 13.7. The first-order valence-corrected chi connectivity index (χ1v) is 25.0. The first-order chi connectivity index (χ1) is 32.6. The number of aliphatic hydroxyl groups is 2. The number of aliphatic hydroxyl groups excluding tert-OH is 2. The van der Waals surface area contributed by atoms with Crippen molar-refractivity contribution in [3.63, 3.8) is 0 Å². The average Bonchev–Trinajstić information content (AvgIpc) is 3.24. The van der Waals surface area contributed by atoms with Crippen molar-refractivity contribution >= 4 is 53.2 Å². The summed E-state index contributed by atoms with van der Waals surface area (Å²) in [6.45, 7) is 19.7. The number of carbonyl (C=O) groups excluding carboxylic acids is 8. The van der Waals surface area contributed by atoms with Crippen LogP contribution >= 0.6 is 0 Å². The van der Waals surface area contributed by atoms with E-state index in [0.29, 0.717) is 38.8 Å². The van der Waals surface area contributed by atoms with Crippen LogP contribution in [0, 0.1) is 29.6 Å². The Balaban J connectivity index is 5.67. The molecule has 0 saturated heterocycles. The highest BCUT2D eigenvalue weighted by molar-refractivity contribution is 5.93. The summed E-state index contributed by atoms with van der Waals surface area (Å²) in [5.41, 5.74) is 11.1. The van der Waals surface area contributed by atoms with Gasteiger partial charge in [0.05, 0.1) is 43.7 Å². The number of carbonyl (C=O) groups is 9. The SMILES string of the molecule is CC(C)CC(=O)N[C@H](C(=O)N[C@H](C(=O)NC(CC(C)C)C(O)CC(=O)NC(C)C(=O)NC(CC(C)C)C(O)CC(=O)NCC(=O)N[C@@H](CCCCN)C(=O)N[C@@H](CCCCN)C(=O)O)C(C)C)C(C)C. The Morgan fingerprint density at radius 1 is 0.443 bits per heavy atom. The zero-order chi connectivity index (χ0) is 53.8. The Morgan fingerprint density at radius 2 is 0.886 bits per heavy atom. The molecule has 5 unspecified atom stereocenters. The van der Waals surface area contributed by atoms with Crippen molar-refractivity contribution in [2.75, 3.05) is 19.6 Å². The third kappa shape index (κ3) is 27.5. The van der Waals surface area contributed by atoms with Gasteiger partial charge in [0.2, 0.25) is 47.3 Å². The molecule has 0 aromatic rings. The van der Waals surface area contributed by atoms with E-state index in [1.807, 2.05) is 41.5 Å². The molecule has 0 aromatic carbocycles. The highest BCUT2D eigenvalue weighted by atomic mass is 16.4. The molecule has 9 atom stereocenters. The minimum absolute atomic E-state index is 0.0379. The van der Waals surface area contributed by atoms with Gasteiger partial charge in [0.1, 0.15) is 30.2 Å². The Bertz CT molecular complexity index is 1660. The molecule has 0 rings (SSSR count). The van der Waals surface area contributed by atoms with Gasteiger partial charge in [0.25, 0.3) is 0 Å². The van der Waals surface area contributed by atoms with E-state index >= 15 is 0 Å². The van der Waals surface area contributed by atoms with Gasteiger partial charge in [-0.1, -0.05) is 69.2 Å². The summed E-state index contributed by atoms with van der Waals surface area (Å²) in [6.07, 6.45) is -0.813. The van der Waals surface area contributed by atoms with Gasteiger partial charge in [-0.2, -0.15) is 0 Å². The summed E-state index contributed by atoms with van der Waals surface area (Å²) in [5.74, 6) is -6.95. The first kappa shape index (κ1) is 65.1. The van der Waals surface area contributed by atoms with Crippen LogP contribution in [0.4, 0.5) is 0 Å². The largest absolute Gasteiger partial charge is 0.480 e. The van der Waals surface area contributed by atoms with Crippen LogP contribution in [0.25, 0.3) is 0 Å². The molecular formula is C48H90N10O12. The lowest BCUT2D eigenvalue weighted by atomic mass is 9.95. The molecule has 0 aromatic heterocycles. The van der Waals surface area contributed by atoms with E-state index in [1.165, 1.54) is 6.92 Å². The summed E-state index contributed by atoms with van der Waals surface area (Å²) in [4.78, 5) is 117. The lowest BCUT2D eigenvalue weighted by Gasteiger charge is -2.31. The van der Waals surface area contributed by atoms with E-state index in [9.17, 15) is 58.5 Å². The minimum atomic E-state index is -1.43. The van der Waals surface area contributed by atoms with Crippen LogP contribution in [-0.2, 0) is 43.2 Å². The van der Waals surface area contributed by atoms with Gasteiger partial charge in [-0.05, 0) is 101 Å². The van der Waals surface area contributed by atoms with Gasteiger partial charge in [0.15, 0.2) is 0 Å². The second-order valence-electron chi connectivity index (χ2n) is 20.3. The fourth-order valence-electron chi connectivity index (χ4n) is 7.45. The number of carboxylic acid groups (broad SMARTS) is 1. The van der Waals surface area contributed by atoms with Crippen LogP contribution in [0.2, 0.25) is 0 Å². The smallest absolute Gasteiger partial charge is 0.326 e. The van der Waals surface area contributed by atoms with E-state index in [4.69, 9.17) is 11.5 Å². The summed E-state index contributed by atoms with van der Waals surface area (Å²) in [7, 11) is 0. The Labute approximate surface area is 415 Å². The predicted octanol–water partition coefficient (Wildman–Crippen LogP) is -0.189. The molecule has 70 heavy (non-hydrogen) atoms. The number of nitrogens with one attached hydrogen (secondary N) is 8. The monoisotopic (exact) mass is 999 g/mol. The maximum absolute atomic E-state index is 13.7. The highest BCUT2D eigenvalue weighted by Gasteiger charge is 2.34. The van der Waals surface area contributed by atoms with Crippen LogP contribution in [-0.4, -0.2) is 143 Å². The summed E-state index contributed by atoms with van der Waals surface area (Å²) in [5, 5.41) is 52.9. The van der Waals surface area contributed by atoms with Crippen LogP contribution in [0.3, 0.4) is 0 Å². The predicted molar refractivity (Wildman–Crippen MR) is 265 cm³/mol. The van der Waals surface area contributed by atoms with Crippen molar-refractivity contribution in [3.8, 4) is 0 Å². The number of aliphatic carboxylic acids is 1. The number of rotatable bonds is 36. The maximum Gasteiger partial charge on any atom is 0.326 e. The van der Waals surface area contributed by atoms with Crippen molar-refractivity contribution in [3.05, 3.63) is 0 Å². The van der Waals surface area contributed by atoms with Crippen LogP contribution in [0.5, 0.6) is 0 Å². The molecule has 22 heteroatoms. The number of amides is 8. The summed E-state index contributed by atoms with van der Waals surface area (Å²) in [6, 6.07) is -7.29. The number of carboxylic acids is 1. The third-order valence-electron chi connectivity index (χ3n) is 11.3. The van der Waals surface area contributed by atoms with Crippen molar-refractivity contribution in [1.29, 1.82) is 0 Å². The Kier molecular flexibility index (Phi) is 32.0. The van der Waals surface area contributed by atoms with Crippen LogP contribution in [0.1, 0.15) is 147 Å². The lowest BCUT2D eigenvalue weighted by molar-refractivity contribution is -0.142. The molecule has 404 valence electrons. The fourth-order valence-corrected chi connectivity index (χ4v) is 7.45. The normalized spacial score (nSPS) is 15.4. The van der Waals surface area contributed by atoms with E-state index in [-0.39, 0.29) is 61.7 Å². The molecular weight excluding hydrogens is 909 g/mol. The van der Waals surface area contributed by atoms with Gasteiger partial charge in [0, 0.05) is 6.42 Å². The number of hydrogen-bond acceptors (Lipinski definition) is 13. The van der Waals surface area contributed by atoms with E-state index < -0.39 is 127 Å². The zero-order valence-corrected chi connectivity index (χ0v) is 43.7. The van der Waals surface area contributed by atoms with Gasteiger partial charge >= 0.3 is 5.97 Å². The minimum Gasteiger partial charge on any atom is -0.480 e. The summed E-state index contributed by atoms with van der Waals surface area (Å²) < 4.78 is 0. The van der Waals surface area contributed by atoms with Gasteiger partial charge in [-0.3, -0.25) is 38.4 Å². The average molecular weight is 999 g/mol. The standard InChI is InChI=1S/C48H90N10O12/c1-26(2)20-34(36(59)23-38(61)51-25-41(64)53-32(16-12-14-18-49)45(66)54-33(48(69)70)17-13-15-19-50)55-44(65)31(11)52-40(63)24-37(60)35(21-27(3)4)56-46(67)43(30(9)10)58-47(68)42(29(7)8)57-39(62)22-28(5)6/h26-37,42-43,59-60H,12-25,49-50H2,1-11H3,(H,51,61)(H,52,63)(H,53,64)(H,54,66)(H,55,65)(H,56,67)(H,57,62)(H,58,68)(H,69,70)/t31?,32-,33-,34?,35?,36?,37?,42-,43-/m0/s1. The third-order valence-corrected chi connectivity index (χ3v) is 11.3. The number of hydrogen-bond donors (Lipinski definition) is 13. The zero-order valence-electron chi connectivity index (χ0n) is 43.7. The molecule has 0 aliphatic rings. The topological polar surface area (TPSA) is 363 Å². The molecule has 0 saturated carbocycles. The second kappa shape index (κ2) is 34.4. The van der Waals surface area contributed by atoms with E-state index in [0.717, 1.165) is 0 Å². The van der Waals surface area contributed by atoms with Gasteiger partial charge in [-0.15, -0.1) is 0 Å². The summed E-state index contributed by atoms with van der Waals surface area (Å²) >= 11 is 0. The molecule has 0 spiro atoms. The van der Waals surface area contributed by atoms with E-state index in [1.54, 1.807) is 27.7 Å². The second-order valence-corrected chi connectivity index (χ2v) is 20.3. The fraction of sp³-hybridized carbons (Fsp3) is 0.812. The number of unbranched alkanes of at least 4 members (excludes halogenated alkanes) is 2. The van der Waals surface area contributed by atoms with Gasteiger partial charge in [-0.25, -0.2) is 4.79 Å². The molecule has 0 radical (unpaired) electrons. The molecule has 8 amide bonds. The van der Waals surface area contributed by atoms with Crippen LogP contribution in [0.15, 0.2) is 0 Å². The Hall–Kier alpha value is -4.93. The van der Waals surface area contributed by atoms with Crippen molar-refractivity contribution in [2.24, 2.45) is 41.1 Å². The first-order valence-electron chi connectivity index (χ1n) is 25.0. The van der Waals surface area contributed by atoms with Crippen molar-refractivity contribution < 1.29 is 58.5 Å². The van der Waals surface area contributed by atoms with E-state index in [2.05, 4.69) is 42.5 Å². The quantitative estimate of drug-likeness (QED) is 0.0362. The Morgan fingerprint density at radius 3 is 1.34 bits per heavy atom. The molecule has 0 fully saturated rings. The molecule has 0 aliphatic heterocycles. The molecule has 0 aliphatic carbocycles.